The number of hydrogen-bond donors (Lipinski definition) is 2. The number of nitrogens with one attached hydrogen (secondary N) is 2. The monoisotopic (exact) mass is 342 g/mol. The topological polar surface area (TPSA) is 30.5 Å². The van der Waals surface area contributed by atoms with Crippen molar-refractivity contribution in [2.75, 3.05) is 41.3 Å². The molecule has 0 radical (unpaired) electrons. The van der Waals surface area contributed by atoms with E-state index in [0.717, 1.165) is 26.8 Å². The smallest absolute Gasteiger partial charge is 0.166 e. The normalized spacial score (nSPS) is 12.8. The van der Waals surface area contributed by atoms with Crippen LogP contribution < -0.4 is 10.6 Å². The van der Waals surface area contributed by atoms with Crippen LogP contribution in [0.15, 0.2) is 0 Å². The van der Waals surface area contributed by atoms with E-state index in [4.69, 9.17) is 36.7 Å². The van der Waals surface area contributed by atoms with Gasteiger partial charge in [-0.15, -0.1) is 0 Å². The maximum atomic E-state index is 5.07. The van der Waals surface area contributed by atoms with Crippen molar-refractivity contribution in [2.45, 2.75) is 0 Å². The third kappa shape index (κ3) is 9.15. The molecular weight excluding hydrogens is 324 g/mol. The summed E-state index contributed by atoms with van der Waals surface area (Å²) in [7, 11) is 10.7. The Labute approximate surface area is 133 Å². The third-order valence-electron chi connectivity index (χ3n) is 1.61. The van der Waals surface area contributed by atoms with Gasteiger partial charge in [0.15, 0.2) is 5.11 Å². The lowest BCUT2D eigenvalue weighted by molar-refractivity contribution is 0.647. The minimum atomic E-state index is 0.787. The molecule has 1 fully saturated rings. The van der Waals surface area contributed by atoms with Gasteiger partial charge < -0.3 is 20.4 Å². The van der Waals surface area contributed by atoms with E-state index < -0.39 is 0 Å². The van der Waals surface area contributed by atoms with Gasteiger partial charge in [-0.05, 0) is 33.8 Å². The second-order valence-corrected chi connectivity index (χ2v) is 7.48. The van der Waals surface area contributed by atoms with Gasteiger partial charge in [-0.25, -0.2) is 0 Å². The highest BCUT2D eigenvalue weighted by Crippen LogP contribution is 2.26. The second-order valence-electron chi connectivity index (χ2n) is 3.67. The van der Waals surface area contributed by atoms with Gasteiger partial charge in [-0.1, -0.05) is 24.4 Å². The molecule has 0 aromatic carbocycles. The van der Waals surface area contributed by atoms with Crippen LogP contribution in [-0.4, -0.2) is 64.8 Å². The molecule has 0 unspecified atom stereocenters. The predicted molar refractivity (Wildman–Crippen MR) is 96.4 cm³/mol. The Morgan fingerprint density at radius 3 is 1.44 bits per heavy atom. The SMILES string of the molecule is CN(C)C(=S)SSC(=S)N(C)C.S=C1NCCN1. The molecule has 0 spiro atoms. The molecule has 1 aliphatic rings. The van der Waals surface area contributed by atoms with Crippen LogP contribution in [0.2, 0.25) is 0 Å². The largest absolute Gasteiger partial charge is 0.363 e. The van der Waals surface area contributed by atoms with Crippen LogP contribution in [0.25, 0.3) is 0 Å². The Morgan fingerprint density at radius 1 is 0.944 bits per heavy atom. The molecule has 104 valence electrons. The van der Waals surface area contributed by atoms with Crippen molar-refractivity contribution >= 4 is 72.0 Å². The van der Waals surface area contributed by atoms with E-state index in [1.54, 1.807) is 0 Å². The maximum Gasteiger partial charge on any atom is 0.166 e. The summed E-state index contributed by atoms with van der Waals surface area (Å²) < 4.78 is 1.67. The van der Waals surface area contributed by atoms with Crippen LogP contribution in [0.4, 0.5) is 0 Å². The lowest BCUT2D eigenvalue weighted by Gasteiger charge is -2.15. The Kier molecular flexibility index (Phi) is 10.1. The molecule has 1 rings (SSSR count). The van der Waals surface area contributed by atoms with Gasteiger partial charge in [0.05, 0.1) is 0 Å². The highest BCUT2D eigenvalue weighted by atomic mass is 33.1. The van der Waals surface area contributed by atoms with Crippen LogP contribution in [0, 0.1) is 0 Å². The zero-order valence-electron chi connectivity index (χ0n) is 10.8. The van der Waals surface area contributed by atoms with E-state index >= 15 is 0 Å². The predicted octanol–water partition coefficient (Wildman–Crippen LogP) is 1.52. The molecule has 4 nitrogen and oxygen atoms in total. The maximum absolute atomic E-state index is 5.07. The Hall–Kier alpha value is 0.170. The minimum absolute atomic E-state index is 0.787. The van der Waals surface area contributed by atoms with Gasteiger partial charge >= 0.3 is 0 Å². The third-order valence-corrected chi connectivity index (χ3v) is 6.06. The molecule has 1 aliphatic heterocycles. The van der Waals surface area contributed by atoms with Crippen molar-refractivity contribution in [1.29, 1.82) is 0 Å². The van der Waals surface area contributed by atoms with E-state index in [1.807, 2.05) is 38.0 Å². The van der Waals surface area contributed by atoms with Crippen LogP contribution in [0.5, 0.6) is 0 Å². The summed E-state index contributed by atoms with van der Waals surface area (Å²) in [6, 6.07) is 0. The van der Waals surface area contributed by atoms with Gasteiger partial charge in [-0.3, -0.25) is 0 Å². The van der Waals surface area contributed by atoms with Crippen LogP contribution >= 0.6 is 58.2 Å². The summed E-state index contributed by atoms with van der Waals surface area (Å²) in [5, 5.41) is 6.67. The first kappa shape index (κ1) is 18.2. The molecule has 1 heterocycles. The van der Waals surface area contributed by atoms with Gasteiger partial charge in [0.1, 0.15) is 8.64 Å². The molecule has 1 saturated heterocycles. The number of nitrogens with zero attached hydrogens (tertiary/aromatic N) is 2. The molecule has 0 atom stereocenters. The van der Waals surface area contributed by atoms with E-state index in [9.17, 15) is 0 Å². The summed E-state index contributed by atoms with van der Waals surface area (Å²) in [5.74, 6) is 0. The Morgan fingerprint density at radius 2 is 1.28 bits per heavy atom. The molecule has 0 saturated carbocycles. The fourth-order valence-corrected chi connectivity index (χ4v) is 3.21. The molecule has 0 bridgehead atoms. The molecule has 9 heteroatoms. The van der Waals surface area contributed by atoms with Crippen molar-refractivity contribution in [3.63, 3.8) is 0 Å². The van der Waals surface area contributed by atoms with E-state index in [-0.39, 0.29) is 0 Å². The summed E-state index contributed by atoms with van der Waals surface area (Å²) >= 11 is 14.8. The van der Waals surface area contributed by atoms with Crippen LogP contribution in [0.1, 0.15) is 0 Å². The van der Waals surface area contributed by atoms with Gasteiger partial charge in [0, 0.05) is 41.3 Å². The molecule has 2 N–H and O–H groups in total. The first-order valence-corrected chi connectivity index (χ1v) is 8.51. The molecular formula is C9H18N4S5. The first-order valence-electron chi connectivity index (χ1n) is 5.13. The number of thiocarbonyl (C=S) groups is 3. The lowest BCUT2D eigenvalue weighted by Crippen LogP contribution is -2.19. The summed E-state index contributed by atoms with van der Waals surface area (Å²) in [6.45, 7) is 1.97. The van der Waals surface area contributed by atoms with E-state index in [0.29, 0.717) is 0 Å². The number of hydrogen-bond acceptors (Lipinski definition) is 5. The van der Waals surface area contributed by atoms with Crippen molar-refractivity contribution in [3.05, 3.63) is 0 Å². The highest BCUT2D eigenvalue weighted by Gasteiger charge is 2.05. The van der Waals surface area contributed by atoms with Crippen molar-refractivity contribution in [1.82, 2.24) is 20.4 Å². The van der Waals surface area contributed by atoms with Crippen molar-refractivity contribution in [3.8, 4) is 0 Å². The summed E-state index contributed by atoms with van der Waals surface area (Å²) in [4.78, 5) is 3.79. The molecule has 0 amide bonds. The zero-order chi connectivity index (χ0) is 14.1. The van der Waals surface area contributed by atoms with Gasteiger partial charge in [-0.2, -0.15) is 0 Å². The Bertz CT molecular complexity index is 277. The fraction of sp³-hybridized carbons (Fsp3) is 0.667. The molecule has 0 aromatic rings. The van der Waals surface area contributed by atoms with E-state index in [1.165, 1.54) is 21.6 Å². The number of rotatable bonds is 0. The standard InChI is InChI=1S/C6H12N2S4.C3H6N2S/c1-7(2)5(9)11-12-6(10)8(3)4;6-3-4-1-2-5-3/h1-4H3;1-2H2,(H2,4,5,6). The summed E-state index contributed by atoms with van der Waals surface area (Å²) in [6.07, 6.45) is 0. The van der Waals surface area contributed by atoms with Gasteiger partial charge in [0.25, 0.3) is 0 Å². The average Bonchev–Trinajstić information content (AvgIpc) is 2.77. The second kappa shape index (κ2) is 10.0. The van der Waals surface area contributed by atoms with Crippen LogP contribution in [0.3, 0.4) is 0 Å². The molecule has 0 aromatic heterocycles. The van der Waals surface area contributed by atoms with Crippen LogP contribution in [-0.2, 0) is 0 Å². The highest BCUT2D eigenvalue weighted by molar-refractivity contribution is 8.89. The molecule has 0 aliphatic carbocycles. The fourth-order valence-electron chi connectivity index (χ4n) is 0.635. The van der Waals surface area contributed by atoms with E-state index in [2.05, 4.69) is 10.6 Å². The minimum Gasteiger partial charge on any atom is -0.363 e. The molecule has 18 heavy (non-hydrogen) atoms. The first-order chi connectivity index (χ1) is 8.34. The van der Waals surface area contributed by atoms with Crippen molar-refractivity contribution in [2.24, 2.45) is 0 Å². The zero-order valence-corrected chi connectivity index (χ0v) is 14.9. The Balaban J connectivity index is 0.000000397. The van der Waals surface area contributed by atoms with Crippen molar-refractivity contribution < 1.29 is 0 Å². The quantitative estimate of drug-likeness (QED) is 0.502. The average molecular weight is 343 g/mol. The van der Waals surface area contributed by atoms with Gasteiger partial charge in [0.2, 0.25) is 0 Å². The summed E-state index contributed by atoms with van der Waals surface area (Å²) in [5.41, 5.74) is 0. The lowest BCUT2D eigenvalue weighted by atomic mass is 10.7.